The Balaban J connectivity index is 1.89. The lowest BCUT2D eigenvalue weighted by molar-refractivity contribution is -0.112. The first kappa shape index (κ1) is 19.7. The minimum atomic E-state index is -0.512. The van der Waals surface area contributed by atoms with Gasteiger partial charge in [-0.2, -0.15) is 5.26 Å². The Morgan fingerprint density at radius 1 is 1.19 bits per heavy atom. The van der Waals surface area contributed by atoms with E-state index in [1.54, 1.807) is 31.4 Å². The molecule has 0 aromatic heterocycles. The van der Waals surface area contributed by atoms with Gasteiger partial charge in [-0.15, -0.1) is 0 Å². The van der Waals surface area contributed by atoms with Gasteiger partial charge in [0.2, 0.25) is 0 Å². The van der Waals surface area contributed by atoms with E-state index in [0.717, 1.165) is 17.7 Å². The fourth-order valence-corrected chi connectivity index (χ4v) is 2.35. The van der Waals surface area contributed by atoms with Crippen LogP contribution in [-0.4, -0.2) is 25.3 Å². The molecule has 138 valence electrons. The zero-order chi connectivity index (χ0) is 19.6. The quantitative estimate of drug-likeness (QED) is 0.325. The maximum atomic E-state index is 12.2. The SMILES string of the molecule is COc1cccc(CCN/C=C(/C#N)C(=O)Nc2ccc(C(C)=O)cc2)c1. The molecule has 0 saturated heterocycles. The highest BCUT2D eigenvalue weighted by Gasteiger charge is 2.09. The third-order valence-electron chi connectivity index (χ3n) is 3.85. The number of nitrogens with one attached hydrogen (secondary N) is 2. The molecule has 2 N–H and O–H groups in total. The maximum Gasteiger partial charge on any atom is 0.267 e. The lowest BCUT2D eigenvalue weighted by Gasteiger charge is -2.07. The van der Waals surface area contributed by atoms with E-state index in [1.807, 2.05) is 30.3 Å². The highest BCUT2D eigenvalue weighted by atomic mass is 16.5. The first-order valence-corrected chi connectivity index (χ1v) is 8.42. The van der Waals surface area contributed by atoms with Crippen molar-refractivity contribution in [3.05, 3.63) is 71.4 Å². The van der Waals surface area contributed by atoms with E-state index in [4.69, 9.17) is 4.74 Å². The van der Waals surface area contributed by atoms with Crippen LogP contribution in [0.4, 0.5) is 5.69 Å². The number of methoxy groups -OCH3 is 1. The van der Waals surface area contributed by atoms with Crippen LogP contribution in [0, 0.1) is 11.3 Å². The van der Waals surface area contributed by atoms with E-state index in [9.17, 15) is 14.9 Å². The molecule has 2 rings (SSSR count). The number of rotatable bonds is 8. The summed E-state index contributed by atoms with van der Waals surface area (Å²) >= 11 is 0. The normalized spacial score (nSPS) is 10.6. The number of ketones is 1. The van der Waals surface area contributed by atoms with Gasteiger partial charge in [0.05, 0.1) is 7.11 Å². The molecule has 0 heterocycles. The van der Waals surface area contributed by atoms with Crippen LogP contribution in [0.2, 0.25) is 0 Å². The minimum Gasteiger partial charge on any atom is -0.497 e. The predicted molar refractivity (Wildman–Crippen MR) is 103 cm³/mol. The summed E-state index contributed by atoms with van der Waals surface area (Å²) in [5.74, 6) is 0.226. The molecule has 2 aromatic carbocycles. The Morgan fingerprint density at radius 2 is 1.93 bits per heavy atom. The molecular weight excluding hydrogens is 342 g/mol. The summed E-state index contributed by atoms with van der Waals surface area (Å²) in [7, 11) is 1.62. The van der Waals surface area contributed by atoms with Crippen molar-refractivity contribution in [1.82, 2.24) is 5.32 Å². The number of nitrogens with zero attached hydrogens (tertiary/aromatic N) is 1. The third-order valence-corrected chi connectivity index (χ3v) is 3.85. The number of benzene rings is 2. The van der Waals surface area contributed by atoms with Crippen molar-refractivity contribution < 1.29 is 14.3 Å². The first-order valence-electron chi connectivity index (χ1n) is 8.42. The number of carbonyl (C=O) groups is 2. The molecule has 0 spiro atoms. The summed E-state index contributed by atoms with van der Waals surface area (Å²) in [4.78, 5) is 23.4. The van der Waals surface area contributed by atoms with Gasteiger partial charge in [0.25, 0.3) is 5.91 Å². The molecule has 0 aliphatic carbocycles. The van der Waals surface area contributed by atoms with Crippen LogP contribution in [0.1, 0.15) is 22.8 Å². The number of anilines is 1. The Morgan fingerprint density at radius 3 is 2.56 bits per heavy atom. The third kappa shape index (κ3) is 6.01. The van der Waals surface area contributed by atoms with E-state index in [1.165, 1.54) is 13.1 Å². The van der Waals surface area contributed by atoms with Gasteiger partial charge < -0.3 is 15.4 Å². The van der Waals surface area contributed by atoms with Crippen LogP contribution >= 0.6 is 0 Å². The van der Waals surface area contributed by atoms with Crippen molar-refractivity contribution >= 4 is 17.4 Å². The second kappa shape index (κ2) is 9.78. The van der Waals surface area contributed by atoms with Crippen LogP contribution in [0.15, 0.2) is 60.3 Å². The molecule has 0 aliphatic heterocycles. The summed E-state index contributed by atoms with van der Waals surface area (Å²) in [5, 5.41) is 14.8. The van der Waals surface area contributed by atoms with E-state index in [-0.39, 0.29) is 11.4 Å². The first-order chi connectivity index (χ1) is 13.0. The van der Waals surface area contributed by atoms with Crippen LogP contribution in [0.5, 0.6) is 5.75 Å². The largest absolute Gasteiger partial charge is 0.497 e. The Kier molecular flexibility index (Phi) is 7.15. The summed E-state index contributed by atoms with van der Waals surface area (Å²) in [6, 6.07) is 16.1. The topological polar surface area (TPSA) is 91.2 Å². The molecule has 0 aliphatic rings. The highest BCUT2D eigenvalue weighted by molar-refractivity contribution is 6.06. The lowest BCUT2D eigenvalue weighted by Crippen LogP contribution is -2.18. The van der Waals surface area contributed by atoms with Crippen molar-refractivity contribution in [2.75, 3.05) is 19.0 Å². The molecule has 0 fully saturated rings. The zero-order valence-electron chi connectivity index (χ0n) is 15.3. The molecule has 0 bridgehead atoms. The average molecular weight is 363 g/mol. The maximum absolute atomic E-state index is 12.2. The number of hydrogen-bond acceptors (Lipinski definition) is 5. The number of Topliss-reactive ketones (excluding diaryl/α,β-unsaturated/α-hetero) is 1. The molecule has 1 amide bonds. The van der Waals surface area contributed by atoms with Crippen LogP contribution in [0.25, 0.3) is 0 Å². The molecule has 0 atom stereocenters. The molecule has 0 radical (unpaired) electrons. The van der Waals surface area contributed by atoms with E-state index >= 15 is 0 Å². The Bertz CT molecular complexity index is 880. The predicted octanol–water partition coefficient (Wildman–Crippen LogP) is 3.08. The number of hydrogen-bond donors (Lipinski definition) is 2. The number of nitriles is 1. The van der Waals surface area contributed by atoms with Crippen LogP contribution < -0.4 is 15.4 Å². The molecule has 6 heteroatoms. The smallest absolute Gasteiger partial charge is 0.267 e. The summed E-state index contributed by atoms with van der Waals surface area (Å²) in [5.41, 5.74) is 2.13. The van der Waals surface area contributed by atoms with Gasteiger partial charge >= 0.3 is 0 Å². The van der Waals surface area contributed by atoms with E-state index in [0.29, 0.717) is 17.8 Å². The molecule has 6 nitrogen and oxygen atoms in total. The summed E-state index contributed by atoms with van der Waals surface area (Å²) < 4.78 is 5.18. The van der Waals surface area contributed by atoms with Crippen molar-refractivity contribution in [3.8, 4) is 11.8 Å². The van der Waals surface area contributed by atoms with Gasteiger partial charge in [-0.25, -0.2) is 0 Å². The van der Waals surface area contributed by atoms with Gasteiger partial charge in [-0.05, 0) is 55.3 Å². The fraction of sp³-hybridized carbons (Fsp3) is 0.190. The van der Waals surface area contributed by atoms with Gasteiger partial charge in [-0.1, -0.05) is 12.1 Å². The van der Waals surface area contributed by atoms with E-state index < -0.39 is 5.91 Å². The molecule has 0 unspecified atom stereocenters. The minimum absolute atomic E-state index is 0.0312. The van der Waals surface area contributed by atoms with E-state index in [2.05, 4.69) is 10.6 Å². The van der Waals surface area contributed by atoms with Crippen molar-refractivity contribution in [2.24, 2.45) is 0 Å². The van der Waals surface area contributed by atoms with Crippen molar-refractivity contribution in [3.63, 3.8) is 0 Å². The highest BCUT2D eigenvalue weighted by Crippen LogP contribution is 2.13. The van der Waals surface area contributed by atoms with Gasteiger partial charge in [-0.3, -0.25) is 9.59 Å². The number of amides is 1. The standard InChI is InChI=1S/C21H21N3O3/c1-15(25)17-6-8-19(9-7-17)24-21(26)18(13-22)14-23-11-10-16-4-3-5-20(12-16)27-2/h3-9,12,14,23H,10-11H2,1-2H3,(H,24,26)/b18-14-. The number of carbonyl (C=O) groups excluding carboxylic acids is 2. The fourth-order valence-electron chi connectivity index (χ4n) is 2.35. The van der Waals surface area contributed by atoms with Crippen LogP contribution in [-0.2, 0) is 11.2 Å². The zero-order valence-corrected chi connectivity index (χ0v) is 15.3. The average Bonchev–Trinajstić information content (AvgIpc) is 2.68. The second-order valence-corrected chi connectivity index (χ2v) is 5.81. The van der Waals surface area contributed by atoms with Gasteiger partial charge in [0.15, 0.2) is 5.78 Å². The monoisotopic (exact) mass is 363 g/mol. The van der Waals surface area contributed by atoms with Gasteiger partial charge in [0, 0.05) is 24.0 Å². The van der Waals surface area contributed by atoms with Crippen molar-refractivity contribution in [2.45, 2.75) is 13.3 Å². The van der Waals surface area contributed by atoms with Gasteiger partial charge in [0.1, 0.15) is 17.4 Å². The van der Waals surface area contributed by atoms with Crippen molar-refractivity contribution in [1.29, 1.82) is 5.26 Å². The summed E-state index contributed by atoms with van der Waals surface area (Å²) in [6.45, 7) is 2.04. The molecule has 2 aromatic rings. The van der Waals surface area contributed by atoms with Crippen LogP contribution in [0.3, 0.4) is 0 Å². The molecular formula is C21H21N3O3. The lowest BCUT2D eigenvalue weighted by atomic mass is 10.1. The Hall–Kier alpha value is -3.59. The molecule has 0 saturated carbocycles. The summed E-state index contributed by atoms with van der Waals surface area (Å²) in [6.07, 6.45) is 2.12. The molecule has 27 heavy (non-hydrogen) atoms. The number of ether oxygens (including phenoxy) is 1. The Labute approximate surface area is 158 Å². The second-order valence-electron chi connectivity index (χ2n) is 5.81.